The van der Waals surface area contributed by atoms with E-state index in [1.807, 2.05) is 54.0 Å². The van der Waals surface area contributed by atoms with E-state index in [0.717, 1.165) is 23.0 Å². The topological polar surface area (TPSA) is 72.2 Å². The Labute approximate surface area is 215 Å². The molecule has 1 aromatic heterocycles. The first kappa shape index (κ1) is 24.3. The van der Waals surface area contributed by atoms with Crippen LogP contribution in [0.25, 0.3) is 17.1 Å². The molecule has 4 rings (SSSR count). The van der Waals surface area contributed by atoms with E-state index in [4.69, 9.17) is 34.8 Å². The van der Waals surface area contributed by atoms with Crippen LogP contribution in [0.2, 0.25) is 15.1 Å². The van der Waals surface area contributed by atoms with E-state index in [1.165, 1.54) is 6.92 Å². The number of benzene rings is 3. The van der Waals surface area contributed by atoms with Crippen molar-refractivity contribution in [2.75, 3.05) is 5.43 Å². The fraction of sp³-hybridized carbons (Fsp3) is 0.0833. The largest absolute Gasteiger partial charge is 0.292 e. The number of hydrogen-bond acceptors (Lipinski definition) is 6. The van der Waals surface area contributed by atoms with Crippen molar-refractivity contribution in [3.63, 3.8) is 0 Å². The normalized spacial score (nSPS) is 11.5. The van der Waals surface area contributed by atoms with Crippen LogP contribution in [0.3, 0.4) is 0 Å². The van der Waals surface area contributed by atoms with Gasteiger partial charge in [-0.25, -0.2) is 0 Å². The molecule has 172 valence electrons. The summed E-state index contributed by atoms with van der Waals surface area (Å²) in [5.41, 5.74) is 5.92. The fourth-order valence-corrected chi connectivity index (χ4v) is 4.53. The second-order valence-corrected chi connectivity index (χ2v) is 9.41. The molecule has 0 saturated heterocycles. The van der Waals surface area contributed by atoms with Crippen molar-refractivity contribution in [1.29, 1.82) is 0 Å². The van der Waals surface area contributed by atoms with Gasteiger partial charge >= 0.3 is 0 Å². The zero-order valence-corrected chi connectivity index (χ0v) is 21.2. The Kier molecular flexibility index (Phi) is 7.58. The molecule has 10 heteroatoms. The number of rotatable bonds is 6. The maximum atomic E-state index is 12.4. The average Bonchev–Trinajstić information content (AvgIpc) is 3.22. The van der Waals surface area contributed by atoms with E-state index in [2.05, 4.69) is 20.7 Å². The lowest BCUT2D eigenvalue weighted by atomic mass is 10.2. The van der Waals surface area contributed by atoms with Gasteiger partial charge in [0.25, 0.3) is 0 Å². The minimum Gasteiger partial charge on any atom is -0.292 e. The van der Waals surface area contributed by atoms with Crippen LogP contribution in [-0.2, 0) is 4.79 Å². The zero-order chi connectivity index (χ0) is 24.2. The van der Waals surface area contributed by atoms with E-state index in [-0.39, 0.29) is 10.8 Å². The molecule has 1 heterocycles. The maximum absolute atomic E-state index is 12.4. The second kappa shape index (κ2) is 10.6. The number of hydrazone groups is 1. The predicted octanol–water partition coefficient (Wildman–Crippen LogP) is 7.31. The lowest BCUT2D eigenvalue weighted by Gasteiger charge is -2.12. The quantitative estimate of drug-likeness (QED) is 0.122. The van der Waals surface area contributed by atoms with Crippen molar-refractivity contribution in [3.05, 3.63) is 87.4 Å². The number of ketones is 1. The Morgan fingerprint density at radius 3 is 2.44 bits per heavy atom. The number of hydrogen-bond donors (Lipinski definition) is 1. The third kappa shape index (κ3) is 5.28. The van der Waals surface area contributed by atoms with Crippen molar-refractivity contribution in [2.45, 2.75) is 19.0 Å². The second-order valence-electron chi connectivity index (χ2n) is 7.20. The minimum atomic E-state index is -0.231. The molecule has 0 radical (unpaired) electrons. The van der Waals surface area contributed by atoms with Crippen LogP contribution in [0.5, 0.6) is 0 Å². The highest BCUT2D eigenvalue weighted by atomic mass is 35.5. The molecule has 1 N–H and O–H groups in total. The summed E-state index contributed by atoms with van der Waals surface area (Å²) in [5.74, 6) is 0.280. The molecule has 4 aromatic rings. The molecular formula is C24H18Cl3N5OS. The maximum Gasteiger partial charge on any atom is 0.202 e. The predicted molar refractivity (Wildman–Crippen MR) is 141 cm³/mol. The van der Waals surface area contributed by atoms with Crippen molar-refractivity contribution >= 4 is 63.1 Å². The standard InChI is InChI=1S/C24H18Cl3N5OS/c1-14-19(26)9-6-10-21(14)28-30-23(15(2)33)34-24-31-29-22(18-12-11-16(25)13-20(18)27)32(24)17-7-4-3-5-8-17/h3-13,28H,1-2H3. The van der Waals surface area contributed by atoms with E-state index in [9.17, 15) is 4.79 Å². The molecular weight excluding hydrogens is 513 g/mol. The Morgan fingerprint density at radius 2 is 1.74 bits per heavy atom. The summed E-state index contributed by atoms with van der Waals surface area (Å²) >= 11 is 19.8. The van der Waals surface area contributed by atoms with Crippen LogP contribution in [0, 0.1) is 6.92 Å². The summed E-state index contributed by atoms with van der Waals surface area (Å²) < 4.78 is 1.82. The monoisotopic (exact) mass is 529 g/mol. The number of halogens is 3. The lowest BCUT2D eigenvalue weighted by Crippen LogP contribution is -2.10. The molecule has 6 nitrogen and oxygen atoms in total. The van der Waals surface area contributed by atoms with Crippen LogP contribution < -0.4 is 5.43 Å². The van der Waals surface area contributed by atoms with Crippen LogP contribution >= 0.6 is 46.6 Å². The molecule has 0 amide bonds. The van der Waals surface area contributed by atoms with Gasteiger partial charge < -0.3 is 0 Å². The van der Waals surface area contributed by atoms with Gasteiger partial charge in [-0.2, -0.15) is 5.10 Å². The van der Waals surface area contributed by atoms with E-state index >= 15 is 0 Å². The third-order valence-electron chi connectivity index (χ3n) is 4.85. The molecule has 3 aromatic carbocycles. The molecule has 0 unspecified atom stereocenters. The Balaban J connectivity index is 1.76. The van der Waals surface area contributed by atoms with Gasteiger partial charge in [-0.3, -0.25) is 14.8 Å². The number of nitrogens with zero attached hydrogens (tertiary/aromatic N) is 4. The molecule has 34 heavy (non-hydrogen) atoms. The molecule has 0 aliphatic rings. The highest BCUT2D eigenvalue weighted by Crippen LogP contribution is 2.34. The number of anilines is 1. The third-order valence-corrected chi connectivity index (χ3v) is 6.83. The molecule has 0 aliphatic heterocycles. The molecule has 0 aliphatic carbocycles. The number of para-hydroxylation sites is 1. The van der Waals surface area contributed by atoms with Crippen LogP contribution in [0.15, 0.2) is 77.0 Å². The molecule has 0 fully saturated rings. The van der Waals surface area contributed by atoms with Crippen molar-refractivity contribution in [1.82, 2.24) is 14.8 Å². The Bertz CT molecular complexity index is 1390. The smallest absolute Gasteiger partial charge is 0.202 e. The van der Waals surface area contributed by atoms with Gasteiger partial charge in [0.1, 0.15) is 0 Å². The molecule has 0 spiro atoms. The van der Waals surface area contributed by atoms with Crippen LogP contribution in [0.1, 0.15) is 12.5 Å². The van der Waals surface area contributed by atoms with Gasteiger partial charge in [0.05, 0.1) is 10.7 Å². The van der Waals surface area contributed by atoms with Gasteiger partial charge in [-0.05, 0) is 66.7 Å². The van der Waals surface area contributed by atoms with Gasteiger partial charge in [-0.1, -0.05) is 59.1 Å². The number of carbonyl (C=O) groups excluding carboxylic acids is 1. The summed E-state index contributed by atoms with van der Waals surface area (Å²) in [7, 11) is 0. The molecule has 0 atom stereocenters. The van der Waals surface area contributed by atoms with Gasteiger partial charge in [-0.15, -0.1) is 10.2 Å². The van der Waals surface area contributed by atoms with Crippen molar-refractivity contribution in [3.8, 4) is 17.1 Å². The number of carbonyl (C=O) groups is 1. The van der Waals surface area contributed by atoms with Gasteiger partial charge in [0, 0.05) is 28.2 Å². The highest BCUT2D eigenvalue weighted by molar-refractivity contribution is 8.15. The Morgan fingerprint density at radius 1 is 0.971 bits per heavy atom. The molecule has 0 bridgehead atoms. The van der Waals surface area contributed by atoms with E-state index < -0.39 is 0 Å². The zero-order valence-electron chi connectivity index (χ0n) is 18.1. The Hall–Kier alpha value is -2.84. The molecule has 0 saturated carbocycles. The first-order valence-electron chi connectivity index (χ1n) is 10.1. The summed E-state index contributed by atoms with van der Waals surface area (Å²) in [6.45, 7) is 3.31. The summed E-state index contributed by atoms with van der Waals surface area (Å²) in [4.78, 5) is 12.4. The number of nitrogens with one attached hydrogen (secondary N) is 1. The summed E-state index contributed by atoms with van der Waals surface area (Å²) in [6.07, 6.45) is 0. The van der Waals surface area contributed by atoms with Gasteiger partial charge in [0.15, 0.2) is 16.7 Å². The van der Waals surface area contributed by atoms with Crippen molar-refractivity contribution < 1.29 is 4.79 Å². The van der Waals surface area contributed by atoms with Crippen molar-refractivity contribution in [2.24, 2.45) is 5.10 Å². The number of aromatic nitrogens is 3. The van der Waals surface area contributed by atoms with Gasteiger partial charge in [0.2, 0.25) is 5.16 Å². The SMILES string of the molecule is CC(=O)C(=NNc1cccc(Cl)c1C)Sc1nnc(-c2ccc(Cl)cc2Cl)n1-c1ccccc1. The summed E-state index contributed by atoms with van der Waals surface area (Å²) in [6, 6.07) is 20.1. The number of thioether (sulfide) groups is 1. The van der Waals surface area contributed by atoms with E-state index in [0.29, 0.717) is 37.3 Å². The summed E-state index contributed by atoms with van der Waals surface area (Å²) in [5, 5.41) is 15.3. The fourth-order valence-electron chi connectivity index (χ4n) is 3.09. The first-order chi connectivity index (χ1) is 16.3. The number of Topliss-reactive ketones (excluding diaryl/α,β-unsaturated/α-hetero) is 1. The average molecular weight is 531 g/mol. The minimum absolute atomic E-state index is 0.206. The van der Waals surface area contributed by atoms with E-state index in [1.54, 1.807) is 24.3 Å². The lowest BCUT2D eigenvalue weighted by molar-refractivity contribution is -0.110. The highest BCUT2D eigenvalue weighted by Gasteiger charge is 2.21. The van der Waals surface area contributed by atoms with Crippen LogP contribution in [0.4, 0.5) is 5.69 Å². The first-order valence-corrected chi connectivity index (χ1v) is 12.0. The van der Waals surface area contributed by atoms with Crippen LogP contribution in [-0.4, -0.2) is 25.6 Å².